The Balaban J connectivity index is 2.70. The zero-order valence-corrected chi connectivity index (χ0v) is 8.96. The second-order valence-electron chi connectivity index (χ2n) is 4.59. The van der Waals surface area contributed by atoms with Crippen molar-refractivity contribution in [1.82, 2.24) is 9.97 Å². The van der Waals surface area contributed by atoms with E-state index in [2.05, 4.69) is 37.7 Å². The second kappa shape index (κ2) is 3.86. The van der Waals surface area contributed by atoms with Gasteiger partial charge in [0, 0.05) is 12.4 Å². The van der Waals surface area contributed by atoms with Crippen molar-refractivity contribution in [2.24, 2.45) is 5.41 Å². The molecule has 0 aliphatic carbocycles. The Bertz CT molecular complexity index is 256. The average molecular weight is 178 g/mol. The van der Waals surface area contributed by atoms with Gasteiger partial charge < -0.3 is 0 Å². The fraction of sp³-hybridized carbons (Fsp3) is 0.636. The Hall–Kier alpha value is -0.920. The molecule has 0 saturated carbocycles. The van der Waals surface area contributed by atoms with Gasteiger partial charge in [0.05, 0.1) is 11.4 Å². The van der Waals surface area contributed by atoms with Crippen LogP contribution in [0.4, 0.5) is 0 Å². The molecule has 0 saturated heterocycles. The first-order chi connectivity index (χ1) is 6.01. The van der Waals surface area contributed by atoms with E-state index in [1.54, 1.807) is 0 Å². The van der Waals surface area contributed by atoms with E-state index in [1.807, 2.05) is 12.4 Å². The summed E-state index contributed by atoms with van der Waals surface area (Å²) in [6, 6.07) is 0. The minimum Gasteiger partial charge on any atom is -0.258 e. The van der Waals surface area contributed by atoms with E-state index in [4.69, 9.17) is 0 Å². The van der Waals surface area contributed by atoms with E-state index in [1.165, 1.54) is 0 Å². The van der Waals surface area contributed by atoms with Gasteiger partial charge in [0.15, 0.2) is 0 Å². The average Bonchev–Trinajstić information content (AvgIpc) is 2.03. The molecular formula is C11H18N2. The van der Waals surface area contributed by atoms with Crippen molar-refractivity contribution in [3.63, 3.8) is 0 Å². The smallest absolute Gasteiger partial charge is 0.0592 e. The van der Waals surface area contributed by atoms with E-state index < -0.39 is 0 Å². The highest BCUT2D eigenvalue weighted by atomic mass is 14.8. The van der Waals surface area contributed by atoms with Crippen LogP contribution in [0, 0.1) is 5.41 Å². The van der Waals surface area contributed by atoms with Gasteiger partial charge in [0.2, 0.25) is 0 Å². The summed E-state index contributed by atoms with van der Waals surface area (Å²) in [7, 11) is 0. The van der Waals surface area contributed by atoms with Gasteiger partial charge in [0.25, 0.3) is 0 Å². The highest BCUT2D eigenvalue weighted by molar-refractivity contribution is 5.03. The van der Waals surface area contributed by atoms with Crippen molar-refractivity contribution in [2.75, 3.05) is 0 Å². The van der Waals surface area contributed by atoms with Crippen LogP contribution in [0.15, 0.2) is 12.4 Å². The summed E-state index contributed by atoms with van der Waals surface area (Å²) in [6.07, 6.45) is 5.72. The molecule has 0 amide bonds. The van der Waals surface area contributed by atoms with Gasteiger partial charge in [-0.1, -0.05) is 27.7 Å². The topological polar surface area (TPSA) is 25.8 Å². The van der Waals surface area contributed by atoms with Crippen molar-refractivity contribution >= 4 is 0 Å². The van der Waals surface area contributed by atoms with Gasteiger partial charge >= 0.3 is 0 Å². The summed E-state index contributed by atoms with van der Waals surface area (Å²) in [4.78, 5) is 8.69. The first kappa shape index (κ1) is 10.2. The molecular weight excluding hydrogens is 160 g/mol. The molecule has 13 heavy (non-hydrogen) atoms. The maximum atomic E-state index is 4.37. The van der Waals surface area contributed by atoms with Crippen LogP contribution in [0.2, 0.25) is 0 Å². The number of hydrogen-bond donors (Lipinski definition) is 0. The molecule has 1 aromatic rings. The van der Waals surface area contributed by atoms with Crippen LogP contribution in [0.25, 0.3) is 0 Å². The lowest BCUT2D eigenvalue weighted by Gasteiger charge is -2.16. The van der Waals surface area contributed by atoms with Gasteiger partial charge in [-0.3, -0.25) is 9.97 Å². The molecule has 0 spiro atoms. The fourth-order valence-electron chi connectivity index (χ4n) is 1.20. The predicted molar refractivity (Wildman–Crippen MR) is 54.6 cm³/mol. The summed E-state index contributed by atoms with van der Waals surface area (Å²) in [5, 5.41) is 0. The molecule has 0 aliphatic rings. The molecule has 0 aliphatic heterocycles. The Labute approximate surface area is 80.4 Å². The van der Waals surface area contributed by atoms with Crippen LogP contribution in [0.5, 0.6) is 0 Å². The van der Waals surface area contributed by atoms with Crippen LogP contribution in [0.3, 0.4) is 0 Å². The standard InChI is InChI=1S/C11H18N2/c1-5-9-7-13-10(8-12-9)6-11(2,3)4/h7-8H,5-6H2,1-4H3. The zero-order valence-electron chi connectivity index (χ0n) is 8.96. The van der Waals surface area contributed by atoms with E-state index in [9.17, 15) is 0 Å². The molecule has 2 heteroatoms. The van der Waals surface area contributed by atoms with Crippen molar-refractivity contribution < 1.29 is 0 Å². The Morgan fingerprint density at radius 1 is 1.08 bits per heavy atom. The Kier molecular flexibility index (Phi) is 3.02. The first-order valence-corrected chi connectivity index (χ1v) is 4.81. The largest absolute Gasteiger partial charge is 0.258 e. The number of nitrogens with zero attached hydrogens (tertiary/aromatic N) is 2. The highest BCUT2D eigenvalue weighted by Gasteiger charge is 2.11. The van der Waals surface area contributed by atoms with E-state index >= 15 is 0 Å². The van der Waals surface area contributed by atoms with Gasteiger partial charge in [-0.15, -0.1) is 0 Å². The molecule has 1 aromatic heterocycles. The third-order valence-corrected chi connectivity index (χ3v) is 1.83. The Morgan fingerprint density at radius 3 is 2.00 bits per heavy atom. The van der Waals surface area contributed by atoms with Crippen LogP contribution in [0.1, 0.15) is 39.1 Å². The lowest BCUT2D eigenvalue weighted by Crippen LogP contribution is -2.10. The molecule has 0 unspecified atom stereocenters. The van der Waals surface area contributed by atoms with E-state index in [0.29, 0.717) is 5.41 Å². The fourth-order valence-corrected chi connectivity index (χ4v) is 1.20. The zero-order chi connectivity index (χ0) is 9.90. The summed E-state index contributed by atoms with van der Waals surface area (Å²) in [6.45, 7) is 8.72. The van der Waals surface area contributed by atoms with Crippen LogP contribution in [-0.4, -0.2) is 9.97 Å². The third-order valence-electron chi connectivity index (χ3n) is 1.83. The van der Waals surface area contributed by atoms with Gasteiger partial charge in [-0.25, -0.2) is 0 Å². The lowest BCUT2D eigenvalue weighted by atomic mass is 9.91. The molecule has 0 atom stereocenters. The molecule has 1 heterocycles. The third kappa shape index (κ3) is 3.53. The van der Waals surface area contributed by atoms with Crippen LogP contribution in [-0.2, 0) is 12.8 Å². The van der Waals surface area contributed by atoms with Crippen LogP contribution >= 0.6 is 0 Å². The summed E-state index contributed by atoms with van der Waals surface area (Å²) < 4.78 is 0. The molecule has 0 aromatic carbocycles. The quantitative estimate of drug-likeness (QED) is 0.695. The van der Waals surface area contributed by atoms with Crippen molar-refractivity contribution in [3.8, 4) is 0 Å². The van der Waals surface area contributed by atoms with Gasteiger partial charge in [-0.05, 0) is 18.3 Å². The van der Waals surface area contributed by atoms with Crippen molar-refractivity contribution in [3.05, 3.63) is 23.8 Å². The monoisotopic (exact) mass is 178 g/mol. The maximum absolute atomic E-state index is 4.37. The number of rotatable bonds is 2. The number of hydrogen-bond acceptors (Lipinski definition) is 2. The minimum atomic E-state index is 0.294. The normalized spacial score (nSPS) is 11.7. The predicted octanol–water partition coefficient (Wildman–Crippen LogP) is 2.63. The van der Waals surface area contributed by atoms with Crippen molar-refractivity contribution in [2.45, 2.75) is 40.5 Å². The number of aromatic nitrogens is 2. The molecule has 72 valence electrons. The molecule has 0 radical (unpaired) electrons. The molecule has 2 nitrogen and oxygen atoms in total. The lowest BCUT2D eigenvalue weighted by molar-refractivity contribution is 0.405. The summed E-state index contributed by atoms with van der Waals surface area (Å²) in [5.41, 5.74) is 2.45. The summed E-state index contributed by atoms with van der Waals surface area (Å²) >= 11 is 0. The molecule has 1 rings (SSSR count). The number of aryl methyl sites for hydroxylation is 1. The SMILES string of the molecule is CCc1cnc(CC(C)(C)C)cn1. The van der Waals surface area contributed by atoms with Crippen molar-refractivity contribution in [1.29, 1.82) is 0 Å². The second-order valence-corrected chi connectivity index (χ2v) is 4.59. The minimum absolute atomic E-state index is 0.294. The summed E-state index contributed by atoms with van der Waals surface area (Å²) in [5.74, 6) is 0. The van der Waals surface area contributed by atoms with Gasteiger partial charge in [-0.2, -0.15) is 0 Å². The maximum Gasteiger partial charge on any atom is 0.0592 e. The molecule has 0 fully saturated rings. The van der Waals surface area contributed by atoms with Gasteiger partial charge in [0.1, 0.15) is 0 Å². The highest BCUT2D eigenvalue weighted by Crippen LogP contribution is 2.18. The van der Waals surface area contributed by atoms with E-state index in [0.717, 1.165) is 24.2 Å². The Morgan fingerprint density at radius 2 is 1.62 bits per heavy atom. The van der Waals surface area contributed by atoms with Crippen LogP contribution < -0.4 is 0 Å². The molecule has 0 bridgehead atoms. The molecule has 0 N–H and O–H groups in total. The van der Waals surface area contributed by atoms with E-state index in [-0.39, 0.29) is 0 Å². The first-order valence-electron chi connectivity index (χ1n) is 4.81.